The normalized spacial score (nSPS) is 13.3. The van der Waals surface area contributed by atoms with E-state index in [0.29, 0.717) is 12.5 Å². The van der Waals surface area contributed by atoms with Gasteiger partial charge in [0.05, 0.1) is 20.4 Å². The van der Waals surface area contributed by atoms with Gasteiger partial charge in [-0.1, -0.05) is 29.9 Å². The van der Waals surface area contributed by atoms with Crippen molar-refractivity contribution in [2.24, 2.45) is 0 Å². The lowest BCUT2D eigenvalue weighted by Crippen LogP contribution is -2.19. The van der Waals surface area contributed by atoms with E-state index in [1.165, 1.54) is 12.7 Å². The summed E-state index contributed by atoms with van der Waals surface area (Å²) in [5, 5.41) is 3.30. The van der Waals surface area contributed by atoms with Crippen molar-refractivity contribution in [2.45, 2.75) is 33.2 Å². The quantitative estimate of drug-likeness (QED) is 0.839. The number of methoxy groups -OCH3 is 2. The van der Waals surface area contributed by atoms with Crippen LogP contribution in [0.1, 0.15) is 24.0 Å². The summed E-state index contributed by atoms with van der Waals surface area (Å²) in [6, 6.07) is 3.97. The first-order valence-electron chi connectivity index (χ1n) is 8.94. The second-order valence-electron chi connectivity index (χ2n) is 6.62. The zero-order valence-electron chi connectivity index (χ0n) is 16.2. The summed E-state index contributed by atoms with van der Waals surface area (Å²) in [7, 11) is 3.12. The third-order valence-electron chi connectivity index (χ3n) is 4.65. The summed E-state index contributed by atoms with van der Waals surface area (Å²) in [6.45, 7) is 4.65. The molecule has 0 bridgehead atoms. The molecule has 1 aliphatic carbocycles. The molecule has 142 valence electrons. The number of allylic oxidation sites excluding steroid dienone is 4. The Hall–Kier alpha value is -3.02. The van der Waals surface area contributed by atoms with E-state index < -0.39 is 5.56 Å². The van der Waals surface area contributed by atoms with Crippen LogP contribution in [0.25, 0.3) is 0 Å². The Morgan fingerprint density at radius 2 is 1.93 bits per heavy atom. The molecule has 0 atom stereocenters. The van der Waals surface area contributed by atoms with Crippen molar-refractivity contribution in [3.05, 3.63) is 63.6 Å². The van der Waals surface area contributed by atoms with Crippen molar-refractivity contribution in [3.8, 4) is 11.5 Å². The third-order valence-corrected chi connectivity index (χ3v) is 4.65. The molecule has 1 heterocycles. The molecule has 0 fully saturated rings. The van der Waals surface area contributed by atoms with Crippen LogP contribution >= 0.6 is 0 Å². The maximum absolute atomic E-state index is 12.2. The third kappa shape index (κ3) is 4.22. The molecule has 1 N–H and O–H groups in total. The van der Waals surface area contributed by atoms with Crippen LogP contribution in [0.3, 0.4) is 0 Å². The van der Waals surface area contributed by atoms with Crippen molar-refractivity contribution < 1.29 is 9.47 Å². The van der Waals surface area contributed by atoms with Gasteiger partial charge in [-0.15, -0.1) is 0 Å². The fraction of sp³-hybridized carbons (Fsp3) is 0.333. The predicted molar refractivity (Wildman–Crippen MR) is 107 cm³/mol. The standard InChI is InChI=1S/C21H25N3O3/c1-14-10-15(2)18(26-3)11-17(14)22-21-23-20(25)19(27-4)13-24(21)12-16-8-6-5-7-9-16/h5-6,8,10-11,13H,7,9,12H2,1-4H3,(H,22,23,25). The molecule has 2 aromatic rings. The molecule has 0 saturated heterocycles. The Morgan fingerprint density at radius 1 is 1.15 bits per heavy atom. The number of hydrogen-bond acceptors (Lipinski definition) is 5. The molecule has 1 aliphatic rings. The van der Waals surface area contributed by atoms with Crippen LogP contribution in [0.4, 0.5) is 11.6 Å². The highest BCUT2D eigenvalue weighted by Crippen LogP contribution is 2.28. The van der Waals surface area contributed by atoms with Gasteiger partial charge in [-0.05, 0) is 37.8 Å². The lowest BCUT2D eigenvalue weighted by atomic mass is 10.1. The van der Waals surface area contributed by atoms with Crippen LogP contribution in [0, 0.1) is 13.8 Å². The van der Waals surface area contributed by atoms with E-state index in [2.05, 4.69) is 28.5 Å². The van der Waals surface area contributed by atoms with Crippen LogP contribution in [0.5, 0.6) is 11.5 Å². The first-order valence-corrected chi connectivity index (χ1v) is 8.94. The zero-order valence-corrected chi connectivity index (χ0v) is 16.2. The van der Waals surface area contributed by atoms with Gasteiger partial charge in [0.2, 0.25) is 11.7 Å². The number of ether oxygens (including phenoxy) is 2. The highest BCUT2D eigenvalue weighted by molar-refractivity contribution is 5.63. The summed E-state index contributed by atoms with van der Waals surface area (Å²) in [6.07, 6.45) is 10.0. The van der Waals surface area contributed by atoms with Gasteiger partial charge in [-0.25, -0.2) is 0 Å². The van der Waals surface area contributed by atoms with E-state index in [1.807, 2.05) is 30.5 Å². The average Bonchev–Trinajstić information content (AvgIpc) is 2.66. The smallest absolute Gasteiger partial charge is 0.316 e. The van der Waals surface area contributed by atoms with Crippen molar-refractivity contribution in [3.63, 3.8) is 0 Å². The van der Waals surface area contributed by atoms with Crippen LogP contribution in [0.15, 0.2) is 46.9 Å². The van der Waals surface area contributed by atoms with Gasteiger partial charge in [0.1, 0.15) is 5.75 Å². The summed E-state index contributed by atoms with van der Waals surface area (Å²) in [5.41, 5.74) is 3.82. The minimum atomic E-state index is -0.398. The first-order chi connectivity index (χ1) is 13.0. The van der Waals surface area contributed by atoms with Crippen LogP contribution in [0.2, 0.25) is 0 Å². The second-order valence-corrected chi connectivity index (χ2v) is 6.62. The SMILES string of the molecule is COc1cc(Nc2nc(=O)c(OC)cn2CC2=CC=CCC2)c(C)cc1C. The summed E-state index contributed by atoms with van der Waals surface area (Å²) in [5.74, 6) is 1.49. The number of anilines is 2. The lowest BCUT2D eigenvalue weighted by Gasteiger charge is -2.19. The van der Waals surface area contributed by atoms with Gasteiger partial charge in [-0.3, -0.25) is 4.79 Å². The molecular formula is C21H25N3O3. The van der Waals surface area contributed by atoms with Crippen LogP contribution < -0.4 is 20.3 Å². The fourth-order valence-corrected chi connectivity index (χ4v) is 3.14. The predicted octanol–water partition coefficient (Wildman–Crippen LogP) is 3.90. The molecule has 27 heavy (non-hydrogen) atoms. The molecule has 0 aliphatic heterocycles. The number of aryl methyl sites for hydroxylation is 2. The summed E-state index contributed by atoms with van der Waals surface area (Å²) < 4.78 is 12.5. The van der Waals surface area contributed by atoms with E-state index in [-0.39, 0.29) is 5.75 Å². The van der Waals surface area contributed by atoms with E-state index in [0.717, 1.165) is 35.4 Å². The maximum Gasteiger partial charge on any atom is 0.316 e. The Bertz CT molecular complexity index is 958. The molecule has 3 rings (SSSR count). The van der Waals surface area contributed by atoms with Crippen molar-refractivity contribution in [1.29, 1.82) is 0 Å². The van der Waals surface area contributed by atoms with E-state index in [9.17, 15) is 4.79 Å². The Balaban J connectivity index is 2.01. The Kier molecular flexibility index (Phi) is 5.64. The fourth-order valence-electron chi connectivity index (χ4n) is 3.14. The van der Waals surface area contributed by atoms with E-state index >= 15 is 0 Å². The molecule has 6 heteroatoms. The number of nitrogens with zero attached hydrogens (tertiary/aromatic N) is 2. The monoisotopic (exact) mass is 367 g/mol. The highest BCUT2D eigenvalue weighted by atomic mass is 16.5. The topological polar surface area (TPSA) is 65.4 Å². The number of rotatable bonds is 6. The van der Waals surface area contributed by atoms with Crippen molar-refractivity contribution in [2.75, 3.05) is 19.5 Å². The molecule has 0 unspecified atom stereocenters. The van der Waals surface area contributed by atoms with Crippen molar-refractivity contribution in [1.82, 2.24) is 9.55 Å². The minimum Gasteiger partial charge on any atom is -0.496 e. The first kappa shape index (κ1) is 18.8. The molecule has 0 amide bonds. The number of benzene rings is 1. The molecule has 0 spiro atoms. The summed E-state index contributed by atoms with van der Waals surface area (Å²) in [4.78, 5) is 16.4. The molecule has 1 aromatic carbocycles. The minimum absolute atomic E-state index is 0.228. The molecule has 6 nitrogen and oxygen atoms in total. The number of nitrogens with one attached hydrogen (secondary N) is 1. The van der Waals surface area contributed by atoms with Gasteiger partial charge in [0, 0.05) is 18.3 Å². The van der Waals surface area contributed by atoms with Gasteiger partial charge in [0.15, 0.2) is 0 Å². The second kappa shape index (κ2) is 8.12. The largest absolute Gasteiger partial charge is 0.496 e. The molecule has 0 radical (unpaired) electrons. The van der Waals surface area contributed by atoms with Gasteiger partial charge in [-0.2, -0.15) is 4.98 Å². The lowest BCUT2D eigenvalue weighted by molar-refractivity contribution is 0.402. The Morgan fingerprint density at radius 3 is 2.59 bits per heavy atom. The van der Waals surface area contributed by atoms with Gasteiger partial charge in [0.25, 0.3) is 0 Å². The number of hydrogen-bond donors (Lipinski definition) is 1. The molecular weight excluding hydrogens is 342 g/mol. The van der Waals surface area contributed by atoms with Crippen LogP contribution in [-0.4, -0.2) is 23.8 Å². The molecule has 1 aromatic heterocycles. The zero-order chi connectivity index (χ0) is 19.4. The van der Waals surface area contributed by atoms with Crippen molar-refractivity contribution >= 4 is 11.6 Å². The van der Waals surface area contributed by atoms with Gasteiger partial charge < -0.3 is 19.4 Å². The summed E-state index contributed by atoms with van der Waals surface area (Å²) >= 11 is 0. The van der Waals surface area contributed by atoms with E-state index in [4.69, 9.17) is 9.47 Å². The maximum atomic E-state index is 12.2. The number of aromatic nitrogens is 2. The van der Waals surface area contributed by atoms with Crippen LogP contribution in [-0.2, 0) is 6.54 Å². The highest BCUT2D eigenvalue weighted by Gasteiger charge is 2.13. The Labute approximate surface area is 159 Å². The molecule has 0 saturated carbocycles. The average molecular weight is 367 g/mol. The van der Waals surface area contributed by atoms with Gasteiger partial charge >= 0.3 is 5.56 Å². The van der Waals surface area contributed by atoms with E-state index in [1.54, 1.807) is 13.3 Å².